The van der Waals surface area contributed by atoms with E-state index < -0.39 is 0 Å². The summed E-state index contributed by atoms with van der Waals surface area (Å²) >= 11 is 0. The molecule has 0 nitrogen and oxygen atoms in total. The molecule has 0 spiro atoms. The number of fused-ring (bicyclic) bond motifs is 1. The van der Waals surface area contributed by atoms with E-state index in [0.717, 1.165) is 24.3 Å². The molecule has 0 heterocycles. The zero-order valence-corrected chi connectivity index (χ0v) is 14.4. The summed E-state index contributed by atoms with van der Waals surface area (Å²) in [6.45, 7) is 7.57. The molecule has 0 aromatic heterocycles. The quantitative estimate of drug-likeness (QED) is 0.536. The van der Waals surface area contributed by atoms with Crippen molar-refractivity contribution in [2.24, 2.45) is 17.8 Å². The van der Waals surface area contributed by atoms with Crippen molar-refractivity contribution in [3.05, 3.63) is 60.2 Å². The van der Waals surface area contributed by atoms with Gasteiger partial charge in [0.05, 0.1) is 0 Å². The van der Waals surface area contributed by atoms with Crippen LogP contribution in [0.5, 0.6) is 0 Å². The van der Waals surface area contributed by atoms with Crippen LogP contribution in [0.25, 0.3) is 0 Å². The third-order valence-electron chi connectivity index (χ3n) is 6.22. The predicted molar refractivity (Wildman–Crippen MR) is 96.0 cm³/mol. The molecular formula is C22H28F2. The fourth-order valence-electron chi connectivity index (χ4n) is 4.79. The lowest BCUT2D eigenvalue weighted by molar-refractivity contribution is 0.133. The molecular weight excluding hydrogens is 302 g/mol. The van der Waals surface area contributed by atoms with Gasteiger partial charge >= 0.3 is 0 Å². The zero-order chi connectivity index (χ0) is 17.1. The van der Waals surface area contributed by atoms with Crippen molar-refractivity contribution in [2.75, 3.05) is 0 Å². The maximum atomic E-state index is 14.3. The predicted octanol–water partition coefficient (Wildman–Crippen LogP) is 6.57. The number of benzene rings is 1. The number of hydrogen-bond donors (Lipinski definition) is 0. The van der Waals surface area contributed by atoms with Crippen LogP contribution in [0.4, 0.5) is 8.78 Å². The third kappa shape index (κ3) is 3.63. The van der Waals surface area contributed by atoms with Gasteiger partial charge in [-0.2, -0.15) is 0 Å². The van der Waals surface area contributed by atoms with Crippen LogP contribution in [0.2, 0.25) is 0 Å². The average molecular weight is 330 g/mol. The van der Waals surface area contributed by atoms with Gasteiger partial charge < -0.3 is 0 Å². The van der Waals surface area contributed by atoms with Gasteiger partial charge in [-0.15, -0.1) is 13.2 Å². The molecule has 24 heavy (non-hydrogen) atoms. The molecule has 0 saturated heterocycles. The van der Waals surface area contributed by atoms with E-state index in [1.807, 2.05) is 0 Å². The third-order valence-corrected chi connectivity index (χ3v) is 6.22. The van der Waals surface area contributed by atoms with Gasteiger partial charge in [0.2, 0.25) is 0 Å². The van der Waals surface area contributed by atoms with Crippen molar-refractivity contribution in [2.45, 2.75) is 57.3 Å². The Morgan fingerprint density at radius 3 is 2.29 bits per heavy atom. The summed E-state index contributed by atoms with van der Waals surface area (Å²) in [6, 6.07) is 3.17. The Kier molecular flexibility index (Phi) is 5.53. The molecule has 1 aromatic carbocycles. The van der Waals surface area contributed by atoms with Gasteiger partial charge in [-0.25, -0.2) is 8.78 Å². The molecule has 0 N–H and O–H groups in total. The molecule has 0 amide bonds. The summed E-state index contributed by atoms with van der Waals surface area (Å²) < 4.78 is 28.7. The highest BCUT2D eigenvalue weighted by Gasteiger charge is 2.35. The molecule has 4 atom stereocenters. The topological polar surface area (TPSA) is 0 Å². The molecule has 2 aliphatic rings. The SMILES string of the molecule is C=CCCc1c(F)cc(C2CC[C@@H]3C[C@H](C=C)CC[C@@H]3C2)cc1F. The molecule has 2 heteroatoms. The molecule has 3 rings (SSSR count). The molecule has 2 fully saturated rings. The van der Waals surface area contributed by atoms with E-state index in [2.05, 4.69) is 19.2 Å². The first-order chi connectivity index (χ1) is 11.6. The number of hydrogen-bond acceptors (Lipinski definition) is 0. The van der Waals surface area contributed by atoms with Gasteiger partial charge in [0.1, 0.15) is 11.6 Å². The van der Waals surface area contributed by atoms with E-state index >= 15 is 0 Å². The fraction of sp³-hybridized carbons (Fsp3) is 0.545. The Bertz CT molecular complexity index is 581. The van der Waals surface area contributed by atoms with E-state index in [9.17, 15) is 8.78 Å². The molecule has 130 valence electrons. The van der Waals surface area contributed by atoms with Gasteiger partial charge in [0.15, 0.2) is 0 Å². The molecule has 0 aliphatic heterocycles. The van der Waals surface area contributed by atoms with Crippen molar-refractivity contribution in [1.29, 1.82) is 0 Å². The summed E-state index contributed by atoms with van der Waals surface area (Å²) in [6.07, 6.45) is 11.8. The van der Waals surface area contributed by atoms with Crippen LogP contribution in [0.3, 0.4) is 0 Å². The maximum Gasteiger partial charge on any atom is 0.129 e. The largest absolute Gasteiger partial charge is 0.207 e. The van der Waals surface area contributed by atoms with E-state index in [1.54, 1.807) is 18.2 Å². The average Bonchev–Trinajstić information content (AvgIpc) is 2.60. The second-order valence-electron chi connectivity index (χ2n) is 7.63. The second-order valence-corrected chi connectivity index (χ2v) is 7.63. The number of allylic oxidation sites excluding steroid dienone is 2. The van der Waals surface area contributed by atoms with Crippen molar-refractivity contribution in [3.63, 3.8) is 0 Å². The summed E-state index contributed by atoms with van der Waals surface area (Å²) in [5.74, 6) is 1.70. The minimum absolute atomic E-state index is 0.207. The fourth-order valence-corrected chi connectivity index (χ4v) is 4.79. The summed E-state index contributed by atoms with van der Waals surface area (Å²) in [5, 5.41) is 0. The van der Waals surface area contributed by atoms with Gasteiger partial charge in [-0.05, 0) is 92.7 Å². The van der Waals surface area contributed by atoms with E-state index in [1.165, 1.54) is 25.7 Å². The minimum Gasteiger partial charge on any atom is -0.207 e. The van der Waals surface area contributed by atoms with Crippen molar-refractivity contribution >= 4 is 0 Å². The highest BCUT2D eigenvalue weighted by atomic mass is 19.1. The van der Waals surface area contributed by atoms with Crippen LogP contribution in [-0.2, 0) is 6.42 Å². The Morgan fingerprint density at radius 1 is 0.958 bits per heavy atom. The first kappa shape index (κ1) is 17.4. The van der Waals surface area contributed by atoms with Gasteiger partial charge in [0, 0.05) is 5.56 Å². The van der Waals surface area contributed by atoms with E-state index in [-0.39, 0.29) is 17.2 Å². The summed E-state index contributed by atoms with van der Waals surface area (Å²) in [4.78, 5) is 0. The maximum absolute atomic E-state index is 14.3. The number of rotatable bonds is 5. The molecule has 2 saturated carbocycles. The van der Waals surface area contributed by atoms with Gasteiger partial charge in [0.25, 0.3) is 0 Å². The monoisotopic (exact) mass is 330 g/mol. The molecule has 2 aliphatic carbocycles. The van der Waals surface area contributed by atoms with Gasteiger partial charge in [-0.1, -0.05) is 12.2 Å². The normalized spacial score (nSPS) is 29.8. The Labute approximate surface area is 144 Å². The highest BCUT2D eigenvalue weighted by Crippen LogP contribution is 2.48. The highest BCUT2D eigenvalue weighted by molar-refractivity contribution is 5.29. The van der Waals surface area contributed by atoms with Crippen molar-refractivity contribution in [3.8, 4) is 0 Å². The summed E-state index contributed by atoms with van der Waals surface area (Å²) in [7, 11) is 0. The lowest BCUT2D eigenvalue weighted by atomic mass is 9.64. The van der Waals surface area contributed by atoms with Gasteiger partial charge in [-0.3, -0.25) is 0 Å². The van der Waals surface area contributed by atoms with E-state index in [4.69, 9.17) is 0 Å². The van der Waals surface area contributed by atoms with Crippen molar-refractivity contribution in [1.82, 2.24) is 0 Å². The number of halogens is 2. The van der Waals surface area contributed by atoms with Crippen LogP contribution < -0.4 is 0 Å². The molecule has 0 bridgehead atoms. The Hall–Kier alpha value is -1.44. The minimum atomic E-state index is -0.385. The van der Waals surface area contributed by atoms with Crippen LogP contribution in [0.15, 0.2) is 37.4 Å². The second kappa shape index (κ2) is 7.63. The first-order valence-corrected chi connectivity index (χ1v) is 9.33. The van der Waals surface area contributed by atoms with E-state index in [0.29, 0.717) is 30.6 Å². The molecule has 1 unspecified atom stereocenters. The van der Waals surface area contributed by atoms with Crippen LogP contribution in [0, 0.1) is 29.4 Å². The first-order valence-electron chi connectivity index (χ1n) is 9.33. The molecule has 0 radical (unpaired) electrons. The Balaban J connectivity index is 1.71. The van der Waals surface area contributed by atoms with Crippen LogP contribution >= 0.6 is 0 Å². The lowest BCUT2D eigenvalue weighted by Crippen LogP contribution is -2.30. The van der Waals surface area contributed by atoms with Crippen LogP contribution in [-0.4, -0.2) is 0 Å². The van der Waals surface area contributed by atoms with Crippen LogP contribution in [0.1, 0.15) is 62.0 Å². The molecule has 1 aromatic rings. The van der Waals surface area contributed by atoms with Crippen molar-refractivity contribution < 1.29 is 8.78 Å². The standard InChI is InChI=1S/C22H28F2/c1-3-5-6-20-21(23)13-19(14-22(20)24)18-10-9-16-11-15(4-2)7-8-17(16)12-18/h3-4,13-18H,1-2,5-12H2/t15-,16-,17-,18?/m1/s1. The zero-order valence-electron chi connectivity index (χ0n) is 14.4. The summed E-state index contributed by atoms with van der Waals surface area (Å²) in [5.41, 5.74) is 1.07. The smallest absolute Gasteiger partial charge is 0.129 e. The Morgan fingerprint density at radius 2 is 1.62 bits per heavy atom. The lowest BCUT2D eigenvalue weighted by Gasteiger charge is -2.41.